The molecule has 4 rings (SSSR count). The fraction of sp³-hybridized carbons (Fsp3) is 0.208. The van der Waals surface area contributed by atoms with Crippen LogP contribution in [0.5, 0.6) is 11.5 Å². The standard InChI is InChI=1S/C24H25N3O3/c25-18-3-9-22(10-4-18)30-23-11-5-19(6-12-23)26-24(29)17-1-7-20(8-2-17)27-15-13-21(28)14-16-27/h1-12,21,28H,13-16,25H2,(H,26,29). The van der Waals surface area contributed by atoms with Gasteiger partial charge in [-0.05, 0) is 85.6 Å². The van der Waals surface area contributed by atoms with Gasteiger partial charge in [-0.1, -0.05) is 0 Å². The second kappa shape index (κ2) is 8.88. The molecule has 1 saturated heterocycles. The summed E-state index contributed by atoms with van der Waals surface area (Å²) >= 11 is 0. The van der Waals surface area contributed by atoms with E-state index in [1.807, 2.05) is 24.3 Å². The number of ether oxygens (including phenoxy) is 1. The first-order valence-electron chi connectivity index (χ1n) is 10.0. The highest BCUT2D eigenvalue weighted by atomic mass is 16.5. The number of anilines is 3. The number of aliphatic hydroxyl groups excluding tert-OH is 1. The van der Waals surface area contributed by atoms with Crippen molar-refractivity contribution in [2.75, 3.05) is 29.0 Å². The average Bonchev–Trinajstić information content (AvgIpc) is 2.77. The lowest BCUT2D eigenvalue weighted by atomic mass is 10.1. The zero-order chi connectivity index (χ0) is 20.9. The highest BCUT2D eigenvalue weighted by Crippen LogP contribution is 2.24. The molecule has 1 fully saturated rings. The summed E-state index contributed by atoms with van der Waals surface area (Å²) in [5.74, 6) is 1.21. The molecule has 154 valence electrons. The number of piperidine rings is 1. The summed E-state index contributed by atoms with van der Waals surface area (Å²) in [6.45, 7) is 1.66. The van der Waals surface area contributed by atoms with Gasteiger partial charge in [-0.2, -0.15) is 0 Å². The first-order valence-corrected chi connectivity index (χ1v) is 10.0. The summed E-state index contributed by atoms with van der Waals surface area (Å²) in [5, 5.41) is 12.5. The lowest BCUT2D eigenvalue weighted by Gasteiger charge is -2.31. The Morgan fingerprint density at radius 2 is 1.47 bits per heavy atom. The van der Waals surface area contributed by atoms with Crippen molar-refractivity contribution in [2.45, 2.75) is 18.9 Å². The van der Waals surface area contributed by atoms with Crippen LogP contribution in [0.25, 0.3) is 0 Å². The Morgan fingerprint density at radius 3 is 2.07 bits per heavy atom. The Morgan fingerprint density at radius 1 is 0.900 bits per heavy atom. The van der Waals surface area contributed by atoms with Gasteiger partial charge in [-0.15, -0.1) is 0 Å². The van der Waals surface area contributed by atoms with Gasteiger partial charge in [0.15, 0.2) is 0 Å². The third-order valence-corrected chi connectivity index (χ3v) is 5.19. The second-order valence-corrected chi connectivity index (χ2v) is 7.41. The van der Waals surface area contributed by atoms with E-state index in [4.69, 9.17) is 10.5 Å². The number of nitrogens with zero attached hydrogens (tertiary/aromatic N) is 1. The molecule has 3 aromatic rings. The van der Waals surface area contributed by atoms with Crippen molar-refractivity contribution in [1.82, 2.24) is 0 Å². The van der Waals surface area contributed by atoms with Crippen LogP contribution < -0.4 is 20.7 Å². The number of carbonyl (C=O) groups excluding carboxylic acids is 1. The molecule has 0 atom stereocenters. The number of hydrogen-bond donors (Lipinski definition) is 3. The van der Waals surface area contributed by atoms with E-state index in [0.29, 0.717) is 28.4 Å². The van der Waals surface area contributed by atoms with Crippen LogP contribution in [0, 0.1) is 0 Å². The van der Waals surface area contributed by atoms with Gasteiger partial charge in [0.25, 0.3) is 5.91 Å². The molecule has 1 amide bonds. The molecule has 4 N–H and O–H groups in total. The van der Waals surface area contributed by atoms with Crippen LogP contribution in [0.2, 0.25) is 0 Å². The summed E-state index contributed by atoms with van der Waals surface area (Å²) in [6.07, 6.45) is 1.36. The number of rotatable bonds is 5. The predicted molar refractivity (Wildman–Crippen MR) is 119 cm³/mol. The molecule has 6 nitrogen and oxygen atoms in total. The molecule has 0 bridgehead atoms. The smallest absolute Gasteiger partial charge is 0.255 e. The molecule has 3 aromatic carbocycles. The molecule has 6 heteroatoms. The van der Waals surface area contributed by atoms with Gasteiger partial charge in [0.1, 0.15) is 11.5 Å². The molecule has 1 aliphatic rings. The van der Waals surface area contributed by atoms with Gasteiger partial charge < -0.3 is 25.8 Å². The molecule has 0 spiro atoms. The number of benzene rings is 3. The number of carbonyl (C=O) groups is 1. The highest BCUT2D eigenvalue weighted by molar-refractivity contribution is 6.04. The normalized spacial score (nSPS) is 14.4. The number of aliphatic hydroxyl groups is 1. The molecule has 0 unspecified atom stereocenters. The summed E-state index contributed by atoms with van der Waals surface area (Å²) in [5.41, 5.74) is 8.72. The lowest BCUT2D eigenvalue weighted by molar-refractivity contribution is 0.102. The number of nitrogens with two attached hydrogens (primary N) is 1. The van der Waals surface area contributed by atoms with Crippen molar-refractivity contribution in [3.05, 3.63) is 78.4 Å². The lowest BCUT2D eigenvalue weighted by Crippen LogP contribution is -2.35. The molecular formula is C24H25N3O3. The van der Waals surface area contributed by atoms with Crippen LogP contribution in [-0.4, -0.2) is 30.2 Å². The quantitative estimate of drug-likeness (QED) is 0.554. The molecule has 30 heavy (non-hydrogen) atoms. The van der Waals surface area contributed by atoms with Crippen molar-refractivity contribution in [1.29, 1.82) is 0 Å². The Bertz CT molecular complexity index is 978. The van der Waals surface area contributed by atoms with Gasteiger partial charge in [0, 0.05) is 35.7 Å². The van der Waals surface area contributed by atoms with Gasteiger partial charge in [0.2, 0.25) is 0 Å². The van der Waals surface area contributed by atoms with Crippen molar-refractivity contribution in [3.63, 3.8) is 0 Å². The summed E-state index contributed by atoms with van der Waals surface area (Å²) in [7, 11) is 0. The molecule has 0 aliphatic carbocycles. The summed E-state index contributed by atoms with van der Waals surface area (Å²) < 4.78 is 5.77. The van der Waals surface area contributed by atoms with Crippen LogP contribution >= 0.6 is 0 Å². The molecule has 0 radical (unpaired) electrons. The van der Waals surface area contributed by atoms with Crippen LogP contribution in [0.1, 0.15) is 23.2 Å². The monoisotopic (exact) mass is 403 g/mol. The molecule has 0 aromatic heterocycles. The minimum atomic E-state index is -0.199. The van der Waals surface area contributed by atoms with E-state index in [1.165, 1.54) is 0 Å². The maximum Gasteiger partial charge on any atom is 0.255 e. The van der Waals surface area contributed by atoms with Gasteiger partial charge in [-0.25, -0.2) is 0 Å². The van der Waals surface area contributed by atoms with Crippen LogP contribution in [0.3, 0.4) is 0 Å². The van der Waals surface area contributed by atoms with Crippen molar-refractivity contribution in [3.8, 4) is 11.5 Å². The zero-order valence-electron chi connectivity index (χ0n) is 16.6. The van der Waals surface area contributed by atoms with Gasteiger partial charge in [-0.3, -0.25) is 4.79 Å². The number of nitrogens with one attached hydrogen (secondary N) is 1. The Balaban J connectivity index is 1.34. The largest absolute Gasteiger partial charge is 0.457 e. The third kappa shape index (κ3) is 4.90. The maximum absolute atomic E-state index is 12.6. The van der Waals surface area contributed by atoms with Gasteiger partial charge in [0.05, 0.1) is 6.10 Å². The number of amides is 1. The summed E-state index contributed by atoms with van der Waals surface area (Å²) in [6, 6.07) is 22.0. The Labute approximate surface area is 175 Å². The second-order valence-electron chi connectivity index (χ2n) is 7.41. The Kier molecular flexibility index (Phi) is 5.86. The Hall–Kier alpha value is -3.51. The molecule has 1 aliphatic heterocycles. The average molecular weight is 403 g/mol. The van der Waals surface area contributed by atoms with Crippen molar-refractivity contribution >= 4 is 23.0 Å². The van der Waals surface area contributed by atoms with Crippen LogP contribution in [0.4, 0.5) is 17.1 Å². The van der Waals surface area contributed by atoms with Crippen molar-refractivity contribution < 1.29 is 14.6 Å². The highest BCUT2D eigenvalue weighted by Gasteiger charge is 2.17. The van der Waals surface area contributed by atoms with E-state index in [-0.39, 0.29) is 12.0 Å². The predicted octanol–water partition coefficient (Wildman–Crippen LogP) is 4.27. The van der Waals surface area contributed by atoms with E-state index in [9.17, 15) is 9.90 Å². The number of hydrogen-bond acceptors (Lipinski definition) is 5. The first kappa shape index (κ1) is 19.8. The third-order valence-electron chi connectivity index (χ3n) is 5.19. The SMILES string of the molecule is Nc1ccc(Oc2ccc(NC(=O)c3ccc(N4CCC(O)CC4)cc3)cc2)cc1. The van der Waals surface area contributed by atoms with E-state index < -0.39 is 0 Å². The first-order chi connectivity index (χ1) is 14.6. The fourth-order valence-electron chi connectivity index (χ4n) is 3.43. The molecule has 1 heterocycles. The van der Waals surface area contributed by atoms with Crippen molar-refractivity contribution in [2.24, 2.45) is 0 Å². The molecule has 0 saturated carbocycles. The topological polar surface area (TPSA) is 87.8 Å². The minimum Gasteiger partial charge on any atom is -0.457 e. The fourth-order valence-corrected chi connectivity index (χ4v) is 3.43. The van der Waals surface area contributed by atoms with Crippen LogP contribution in [-0.2, 0) is 0 Å². The van der Waals surface area contributed by atoms with Crippen LogP contribution in [0.15, 0.2) is 72.8 Å². The molecular weight excluding hydrogens is 378 g/mol. The van der Waals surface area contributed by atoms with E-state index in [0.717, 1.165) is 31.6 Å². The van der Waals surface area contributed by atoms with E-state index in [1.54, 1.807) is 48.5 Å². The maximum atomic E-state index is 12.6. The number of nitrogen functional groups attached to an aromatic ring is 1. The van der Waals surface area contributed by atoms with Gasteiger partial charge >= 0.3 is 0 Å². The minimum absolute atomic E-state index is 0.164. The zero-order valence-corrected chi connectivity index (χ0v) is 16.6. The summed E-state index contributed by atoms with van der Waals surface area (Å²) in [4.78, 5) is 14.8. The van der Waals surface area contributed by atoms with E-state index in [2.05, 4.69) is 10.2 Å². The van der Waals surface area contributed by atoms with E-state index >= 15 is 0 Å².